The first kappa shape index (κ1) is 15.7. The van der Waals surface area contributed by atoms with Crippen LogP contribution < -0.4 is 10.0 Å². The Bertz CT molecular complexity index is 1160. The number of rotatable bonds is 1. The highest BCUT2D eigenvalue weighted by Crippen LogP contribution is 2.38. The summed E-state index contributed by atoms with van der Waals surface area (Å²) in [6.07, 6.45) is 1.39. The van der Waals surface area contributed by atoms with Crippen LogP contribution in [0.15, 0.2) is 40.4 Å². The summed E-state index contributed by atoms with van der Waals surface area (Å²) in [5.74, 6) is -1.03. The van der Waals surface area contributed by atoms with Crippen molar-refractivity contribution in [3.8, 4) is 5.75 Å². The first-order valence-corrected chi connectivity index (χ1v) is 8.74. The molecule has 0 spiro atoms. The second-order valence-electron chi connectivity index (χ2n) is 5.22. The molecule has 2 aromatic carbocycles. The molecule has 0 saturated heterocycles. The highest BCUT2D eigenvalue weighted by Gasteiger charge is 2.28. The van der Waals surface area contributed by atoms with Crippen molar-refractivity contribution in [3.05, 3.63) is 41.3 Å². The third-order valence-electron chi connectivity index (χ3n) is 3.58. The van der Waals surface area contributed by atoms with Crippen molar-refractivity contribution in [3.63, 3.8) is 0 Å². The largest absolute Gasteiger partial charge is 0.506 e. The molecule has 0 aliphatic carbocycles. The third-order valence-corrected chi connectivity index (χ3v) is 5.15. The van der Waals surface area contributed by atoms with Crippen LogP contribution in [-0.2, 0) is 10.0 Å². The van der Waals surface area contributed by atoms with Crippen LogP contribution in [0, 0.1) is 5.82 Å². The SMILES string of the molecule is O=S1(=O)NC(Nc2ccc(F)c3[nH]ncc23)=Nc2c(O)cc(Cl)cc21. The Morgan fingerprint density at radius 1 is 1.28 bits per heavy atom. The summed E-state index contributed by atoms with van der Waals surface area (Å²) >= 11 is 5.78. The molecule has 0 radical (unpaired) electrons. The van der Waals surface area contributed by atoms with Crippen molar-refractivity contribution in [2.45, 2.75) is 4.90 Å². The second kappa shape index (κ2) is 5.33. The molecule has 3 aromatic rings. The average Bonchev–Trinajstić information content (AvgIpc) is 3.02. The van der Waals surface area contributed by atoms with Crippen LogP contribution in [-0.4, -0.2) is 29.7 Å². The van der Waals surface area contributed by atoms with Crippen molar-refractivity contribution in [2.75, 3.05) is 5.32 Å². The molecular formula is C14H9ClFN5O3S. The number of hydrogen-bond donors (Lipinski definition) is 4. The molecule has 1 aliphatic rings. The van der Waals surface area contributed by atoms with Crippen LogP contribution >= 0.6 is 11.6 Å². The summed E-state index contributed by atoms with van der Waals surface area (Å²) in [6, 6.07) is 4.99. The highest BCUT2D eigenvalue weighted by atomic mass is 35.5. The summed E-state index contributed by atoms with van der Waals surface area (Å²) in [5.41, 5.74) is 0.402. The predicted octanol–water partition coefficient (Wildman–Crippen LogP) is 2.45. The number of phenols is 1. The van der Waals surface area contributed by atoms with Gasteiger partial charge in [-0.15, -0.1) is 0 Å². The van der Waals surface area contributed by atoms with Gasteiger partial charge in [0.05, 0.1) is 11.9 Å². The minimum Gasteiger partial charge on any atom is -0.506 e. The third kappa shape index (κ3) is 2.55. The first-order chi connectivity index (χ1) is 11.8. The van der Waals surface area contributed by atoms with Gasteiger partial charge in [0.1, 0.15) is 27.7 Å². The summed E-state index contributed by atoms with van der Waals surface area (Å²) in [5, 5.41) is 19.5. The molecule has 1 aliphatic heterocycles. The monoisotopic (exact) mass is 381 g/mol. The van der Waals surface area contributed by atoms with Gasteiger partial charge in [0, 0.05) is 16.5 Å². The molecular weight excluding hydrogens is 373 g/mol. The highest BCUT2D eigenvalue weighted by molar-refractivity contribution is 7.90. The maximum Gasteiger partial charge on any atom is 0.266 e. The van der Waals surface area contributed by atoms with Gasteiger partial charge < -0.3 is 10.4 Å². The normalized spacial score (nSPS) is 15.4. The van der Waals surface area contributed by atoms with Crippen LogP contribution in [0.5, 0.6) is 5.75 Å². The molecule has 11 heteroatoms. The number of sulfonamides is 1. The van der Waals surface area contributed by atoms with Gasteiger partial charge in [-0.3, -0.25) is 5.10 Å². The van der Waals surface area contributed by atoms with Gasteiger partial charge in [0.2, 0.25) is 5.96 Å². The second-order valence-corrected chi connectivity index (χ2v) is 7.30. The lowest BCUT2D eigenvalue weighted by Crippen LogP contribution is -2.38. The summed E-state index contributed by atoms with van der Waals surface area (Å²) in [4.78, 5) is 3.83. The zero-order valence-corrected chi connectivity index (χ0v) is 13.8. The van der Waals surface area contributed by atoms with E-state index in [2.05, 4.69) is 25.2 Å². The number of phenolic OH excluding ortho intramolecular Hbond substituents is 1. The van der Waals surface area contributed by atoms with E-state index in [9.17, 15) is 17.9 Å². The van der Waals surface area contributed by atoms with Crippen molar-refractivity contribution in [1.82, 2.24) is 14.9 Å². The van der Waals surface area contributed by atoms with E-state index in [0.29, 0.717) is 11.1 Å². The summed E-state index contributed by atoms with van der Waals surface area (Å²) in [6.45, 7) is 0. The van der Waals surface area contributed by atoms with Crippen LogP contribution in [0.2, 0.25) is 5.02 Å². The fraction of sp³-hybridized carbons (Fsp3) is 0. The number of aromatic hydroxyl groups is 1. The number of benzene rings is 2. The number of hydrogen-bond acceptors (Lipinski definition) is 6. The molecule has 0 atom stereocenters. The summed E-state index contributed by atoms with van der Waals surface area (Å²) < 4.78 is 40.7. The first-order valence-electron chi connectivity index (χ1n) is 6.88. The molecule has 25 heavy (non-hydrogen) atoms. The zero-order chi connectivity index (χ0) is 17.8. The standard InChI is InChI=1S/C14H9ClFN5O3S/c15-6-3-10(22)13-11(4-6)25(23,24)21-14(19-13)18-9-2-1-8(16)12-7(9)5-17-20-12/h1-5,22H,(H,17,20)(H2,18,19,21). The molecule has 0 amide bonds. The topological polar surface area (TPSA) is 119 Å². The number of nitrogens with one attached hydrogen (secondary N) is 3. The molecule has 4 rings (SSSR count). The van der Waals surface area contributed by atoms with E-state index in [-0.39, 0.29) is 32.8 Å². The van der Waals surface area contributed by atoms with E-state index in [1.807, 2.05) is 0 Å². The van der Waals surface area contributed by atoms with Gasteiger partial charge in [-0.1, -0.05) is 11.6 Å². The maximum atomic E-state index is 13.7. The molecule has 8 nitrogen and oxygen atoms in total. The lowest BCUT2D eigenvalue weighted by Gasteiger charge is -2.20. The van der Waals surface area contributed by atoms with Gasteiger partial charge in [0.25, 0.3) is 10.0 Å². The lowest BCUT2D eigenvalue weighted by atomic mass is 10.2. The number of guanidine groups is 1. The lowest BCUT2D eigenvalue weighted by molar-refractivity contribution is 0.474. The van der Waals surface area contributed by atoms with Crippen LogP contribution in [0.25, 0.3) is 10.9 Å². The van der Waals surface area contributed by atoms with Crippen molar-refractivity contribution >= 4 is 49.9 Å². The number of nitrogens with zero attached hydrogens (tertiary/aromatic N) is 2. The molecule has 1 aromatic heterocycles. The van der Waals surface area contributed by atoms with Gasteiger partial charge >= 0.3 is 0 Å². The van der Waals surface area contributed by atoms with E-state index in [1.165, 1.54) is 30.5 Å². The van der Waals surface area contributed by atoms with Crippen molar-refractivity contribution in [2.24, 2.45) is 4.99 Å². The van der Waals surface area contributed by atoms with E-state index in [4.69, 9.17) is 11.6 Å². The van der Waals surface area contributed by atoms with Crippen LogP contribution in [0.3, 0.4) is 0 Å². The predicted molar refractivity (Wildman–Crippen MR) is 90.2 cm³/mol. The fourth-order valence-electron chi connectivity index (χ4n) is 2.49. The minimum absolute atomic E-state index is 0.0619. The zero-order valence-electron chi connectivity index (χ0n) is 12.2. The van der Waals surface area contributed by atoms with E-state index < -0.39 is 15.8 Å². The molecule has 0 saturated carbocycles. The van der Waals surface area contributed by atoms with Gasteiger partial charge in [-0.05, 0) is 18.2 Å². The molecule has 0 unspecified atom stereocenters. The van der Waals surface area contributed by atoms with E-state index in [1.54, 1.807) is 0 Å². The van der Waals surface area contributed by atoms with Crippen molar-refractivity contribution < 1.29 is 17.9 Å². The smallest absolute Gasteiger partial charge is 0.266 e. The fourth-order valence-corrected chi connectivity index (χ4v) is 3.91. The van der Waals surface area contributed by atoms with E-state index >= 15 is 0 Å². The number of H-pyrrole nitrogens is 1. The molecule has 0 bridgehead atoms. The Kier molecular flexibility index (Phi) is 3.34. The number of fused-ring (bicyclic) bond motifs is 2. The van der Waals surface area contributed by atoms with E-state index in [0.717, 1.165) is 0 Å². The van der Waals surface area contributed by atoms with Crippen LogP contribution in [0.4, 0.5) is 15.8 Å². The van der Waals surface area contributed by atoms with Gasteiger partial charge in [-0.25, -0.2) is 22.5 Å². The number of aromatic amines is 1. The molecule has 0 fully saturated rings. The molecule has 4 N–H and O–H groups in total. The van der Waals surface area contributed by atoms with Crippen LogP contribution in [0.1, 0.15) is 0 Å². The number of aromatic nitrogens is 2. The quantitative estimate of drug-likeness (QED) is 0.516. The maximum absolute atomic E-state index is 13.7. The number of aliphatic imine (C=N–C) groups is 1. The number of anilines is 1. The Morgan fingerprint density at radius 3 is 2.88 bits per heavy atom. The molecule has 2 heterocycles. The van der Waals surface area contributed by atoms with Gasteiger partial charge in [0.15, 0.2) is 0 Å². The number of halogens is 2. The minimum atomic E-state index is -3.99. The Morgan fingerprint density at radius 2 is 2.08 bits per heavy atom. The van der Waals surface area contributed by atoms with Gasteiger partial charge in [-0.2, -0.15) is 5.10 Å². The Balaban J connectivity index is 1.82. The van der Waals surface area contributed by atoms with Crippen molar-refractivity contribution in [1.29, 1.82) is 0 Å². The Hall–Kier alpha value is -2.85. The molecule has 128 valence electrons. The average molecular weight is 382 g/mol. The summed E-state index contributed by atoms with van der Waals surface area (Å²) in [7, 11) is -3.99. The Labute approximate surface area is 145 Å².